The second kappa shape index (κ2) is 11.2. The minimum atomic E-state index is 0.921. The van der Waals surface area contributed by atoms with Crippen LogP contribution in [0, 0.1) is 0 Å². The van der Waals surface area contributed by atoms with Crippen LogP contribution in [0.2, 0.25) is 0 Å². The summed E-state index contributed by atoms with van der Waals surface area (Å²) in [6, 6.07) is 8.30. The predicted octanol–water partition coefficient (Wildman–Crippen LogP) is 4.86. The van der Waals surface area contributed by atoms with Gasteiger partial charge in [0, 0.05) is 0 Å². The van der Waals surface area contributed by atoms with Crippen molar-refractivity contribution in [1.29, 1.82) is 0 Å². The maximum atomic E-state index is 5.90. The number of H-pyrrole nitrogens is 2. The second-order valence-electron chi connectivity index (χ2n) is 5.48. The van der Waals surface area contributed by atoms with E-state index in [0.717, 1.165) is 33.8 Å². The molecule has 2 nitrogen and oxygen atoms in total. The van der Waals surface area contributed by atoms with Crippen molar-refractivity contribution < 1.29 is 0 Å². The first-order valence-electron chi connectivity index (χ1n) is 9.91. The van der Waals surface area contributed by atoms with Crippen molar-refractivity contribution in [2.24, 2.45) is 0 Å². The fourth-order valence-corrected chi connectivity index (χ4v) is 3.22. The van der Waals surface area contributed by atoms with Crippen LogP contribution in [0.4, 0.5) is 0 Å². The molecule has 141 valence electrons. The zero-order chi connectivity index (χ0) is 20.4. The number of benzene rings is 1. The normalized spacial score (nSPS) is 11.4. The zero-order valence-corrected chi connectivity index (χ0v) is 17.6. The molecule has 0 atom stereocenters. The molecule has 0 saturated carbocycles. The molecule has 0 aliphatic heterocycles. The van der Waals surface area contributed by atoms with Crippen molar-refractivity contribution in [2.75, 3.05) is 0 Å². The van der Waals surface area contributed by atoms with E-state index in [1.165, 1.54) is 16.6 Å². The van der Waals surface area contributed by atoms with E-state index < -0.39 is 0 Å². The Labute approximate surface area is 164 Å². The molecule has 27 heavy (non-hydrogen) atoms. The summed E-state index contributed by atoms with van der Waals surface area (Å²) in [6.45, 7) is 16.1. The molecule has 2 heterocycles. The monoisotopic (exact) mass is 359 g/mol. The molecule has 0 spiro atoms. The molecule has 0 unspecified atom stereocenters. The Balaban J connectivity index is 0.000000855. The quantitative estimate of drug-likeness (QED) is 0.624. The Hall–Kier alpha value is -2.55. The number of nitrogens with one attached hydrogen (secondary N) is 2. The zero-order valence-electron chi connectivity index (χ0n) is 17.6. The first-order valence-corrected chi connectivity index (χ1v) is 9.91. The van der Waals surface area contributed by atoms with Crippen molar-refractivity contribution in [3.05, 3.63) is 58.9 Å². The van der Waals surface area contributed by atoms with Gasteiger partial charge in [0.2, 0.25) is 0 Å². The summed E-state index contributed by atoms with van der Waals surface area (Å²) in [5.74, 6) is 1.65. The SMILES string of the molecule is CC.CC.[B]=Cc1[nH]c2ccccc2c1-c1c(CC)[nH]c(=C/C)/c1=C\C=C. The molecule has 1 radical (unpaired) electrons. The molecule has 0 aliphatic carbocycles. The van der Waals surface area contributed by atoms with E-state index in [0.29, 0.717) is 0 Å². The average Bonchev–Trinajstić information content (AvgIpc) is 3.28. The number of aromatic nitrogens is 2. The Kier molecular flexibility index (Phi) is 9.35. The first kappa shape index (κ1) is 22.5. The molecule has 3 rings (SSSR count). The summed E-state index contributed by atoms with van der Waals surface area (Å²) in [7, 11) is 5.90. The summed E-state index contributed by atoms with van der Waals surface area (Å²) in [4.78, 5) is 6.95. The molecule has 3 aromatic rings. The van der Waals surface area contributed by atoms with Gasteiger partial charge in [-0.3, -0.25) is 0 Å². The van der Waals surface area contributed by atoms with Gasteiger partial charge in [0.05, 0.1) is 0 Å². The number of fused-ring (bicyclic) bond motifs is 1. The molecule has 2 aromatic heterocycles. The van der Waals surface area contributed by atoms with Crippen LogP contribution < -0.4 is 10.6 Å². The fraction of sp³-hybridized carbons (Fsp3) is 0.292. The summed E-state index contributed by atoms with van der Waals surface area (Å²) in [5, 5.41) is 3.46. The Morgan fingerprint density at radius 2 is 1.70 bits per heavy atom. The van der Waals surface area contributed by atoms with E-state index in [-0.39, 0.29) is 0 Å². The molecule has 0 aliphatic rings. The second-order valence-corrected chi connectivity index (χ2v) is 5.48. The van der Waals surface area contributed by atoms with Gasteiger partial charge in [-0.2, -0.15) is 0 Å². The van der Waals surface area contributed by atoms with Gasteiger partial charge in [-0.15, -0.1) is 0 Å². The third kappa shape index (κ3) is 4.41. The van der Waals surface area contributed by atoms with E-state index in [9.17, 15) is 0 Å². The van der Waals surface area contributed by atoms with Crippen molar-refractivity contribution in [3.8, 4) is 11.1 Å². The van der Waals surface area contributed by atoms with Crippen LogP contribution in [0.25, 0.3) is 34.2 Å². The molecule has 0 amide bonds. The summed E-state index contributed by atoms with van der Waals surface area (Å²) in [6.07, 6.45) is 6.91. The van der Waals surface area contributed by atoms with Crippen LogP contribution in [0.3, 0.4) is 0 Å². The van der Waals surface area contributed by atoms with Gasteiger partial charge in [0.15, 0.2) is 0 Å². The van der Waals surface area contributed by atoms with E-state index in [4.69, 9.17) is 7.49 Å². The van der Waals surface area contributed by atoms with Crippen LogP contribution in [-0.4, -0.2) is 23.4 Å². The van der Waals surface area contributed by atoms with Gasteiger partial charge in [-0.05, 0) is 0 Å². The van der Waals surface area contributed by atoms with Crippen LogP contribution in [0.15, 0.2) is 36.9 Å². The maximum absolute atomic E-state index is 5.90. The van der Waals surface area contributed by atoms with Crippen molar-refractivity contribution in [3.63, 3.8) is 0 Å². The predicted molar refractivity (Wildman–Crippen MR) is 125 cm³/mol. The minimum absolute atomic E-state index is 0.921. The van der Waals surface area contributed by atoms with E-state index in [1.54, 1.807) is 5.97 Å². The number of para-hydroxylation sites is 1. The van der Waals surface area contributed by atoms with Crippen molar-refractivity contribution >= 4 is 36.5 Å². The fourth-order valence-electron chi connectivity index (χ4n) is 3.22. The van der Waals surface area contributed by atoms with Crippen LogP contribution in [0.5, 0.6) is 0 Å². The number of hydrogen-bond donors (Lipinski definition) is 2. The van der Waals surface area contributed by atoms with E-state index in [1.807, 2.05) is 46.8 Å². The number of aromatic amines is 2. The van der Waals surface area contributed by atoms with Gasteiger partial charge < -0.3 is 0 Å². The van der Waals surface area contributed by atoms with Crippen LogP contribution >= 0.6 is 0 Å². The molecule has 1 aromatic carbocycles. The topological polar surface area (TPSA) is 31.6 Å². The molecular formula is C24H32BN2. The van der Waals surface area contributed by atoms with E-state index >= 15 is 0 Å². The van der Waals surface area contributed by atoms with Crippen LogP contribution in [0.1, 0.15) is 52.9 Å². The van der Waals surface area contributed by atoms with Gasteiger partial charge >= 0.3 is 137 Å². The van der Waals surface area contributed by atoms with E-state index in [2.05, 4.69) is 53.8 Å². The summed E-state index contributed by atoms with van der Waals surface area (Å²) >= 11 is 0. The number of aryl methyl sites for hydroxylation is 1. The van der Waals surface area contributed by atoms with Gasteiger partial charge in [-0.1, -0.05) is 27.7 Å². The summed E-state index contributed by atoms with van der Waals surface area (Å²) in [5.41, 5.74) is 5.60. The third-order valence-electron chi connectivity index (χ3n) is 4.23. The molecule has 0 fully saturated rings. The number of hydrogen-bond acceptors (Lipinski definition) is 0. The molecule has 0 saturated heterocycles. The molecule has 0 bridgehead atoms. The Morgan fingerprint density at radius 1 is 1.04 bits per heavy atom. The summed E-state index contributed by atoms with van der Waals surface area (Å²) < 4.78 is 0. The van der Waals surface area contributed by atoms with Crippen molar-refractivity contribution in [2.45, 2.75) is 48.0 Å². The van der Waals surface area contributed by atoms with Gasteiger partial charge in [-0.25, -0.2) is 0 Å². The third-order valence-corrected chi connectivity index (χ3v) is 4.23. The first-order chi connectivity index (χ1) is 13.2. The Bertz CT molecular complexity index is 1000. The Morgan fingerprint density at radius 3 is 2.26 bits per heavy atom. The van der Waals surface area contributed by atoms with Gasteiger partial charge in [0.1, 0.15) is 0 Å². The average molecular weight is 359 g/mol. The van der Waals surface area contributed by atoms with Crippen LogP contribution in [-0.2, 0) is 6.42 Å². The number of allylic oxidation sites excluding steroid dienone is 1. The van der Waals surface area contributed by atoms with Gasteiger partial charge in [0.25, 0.3) is 0 Å². The molecular weight excluding hydrogens is 327 g/mol. The molecule has 3 heteroatoms. The van der Waals surface area contributed by atoms with Crippen molar-refractivity contribution in [1.82, 2.24) is 9.97 Å². The molecule has 2 N–H and O–H groups in total. The number of rotatable bonds is 4. The standard InChI is InChI=1S/C20H20BN2.2C2H6/c1-4-9-13-15(5-2)22-16(6-3)19(13)20-14-10-7-8-11-17(14)23-18(20)12-21;2*1-2/h4-5,7-12,22-23H,1,6H2,2-3H3;2*1-2H3/b13-9+,15-5+;;.